The van der Waals surface area contributed by atoms with Gasteiger partial charge in [0.2, 0.25) is 0 Å². The van der Waals surface area contributed by atoms with Gasteiger partial charge in [-0.25, -0.2) is 0 Å². The van der Waals surface area contributed by atoms with Crippen molar-refractivity contribution in [2.75, 3.05) is 19.7 Å². The molecular formula is C12H24N2O. The molecule has 88 valence electrons. The fourth-order valence-corrected chi connectivity index (χ4v) is 3.14. The van der Waals surface area contributed by atoms with Gasteiger partial charge in [0.15, 0.2) is 0 Å². The SMILES string of the molecule is CCC1CCCN1C(CN)C1CCCO1. The molecule has 2 rings (SSSR count). The van der Waals surface area contributed by atoms with Gasteiger partial charge in [0.05, 0.1) is 6.10 Å². The molecule has 2 saturated heterocycles. The Morgan fingerprint density at radius 2 is 2.27 bits per heavy atom. The highest BCUT2D eigenvalue weighted by molar-refractivity contribution is 4.90. The maximum atomic E-state index is 5.93. The van der Waals surface area contributed by atoms with Gasteiger partial charge in [-0.05, 0) is 38.6 Å². The summed E-state index contributed by atoms with van der Waals surface area (Å²) in [5.41, 5.74) is 5.93. The van der Waals surface area contributed by atoms with E-state index in [1.165, 1.54) is 38.6 Å². The van der Waals surface area contributed by atoms with E-state index in [1.807, 2.05) is 0 Å². The smallest absolute Gasteiger partial charge is 0.0743 e. The maximum absolute atomic E-state index is 5.93. The summed E-state index contributed by atoms with van der Waals surface area (Å²) >= 11 is 0. The van der Waals surface area contributed by atoms with Gasteiger partial charge in [-0.15, -0.1) is 0 Å². The number of hydrogen-bond donors (Lipinski definition) is 1. The summed E-state index contributed by atoms with van der Waals surface area (Å²) in [5, 5.41) is 0. The first kappa shape index (κ1) is 11.4. The van der Waals surface area contributed by atoms with E-state index in [0.29, 0.717) is 12.1 Å². The van der Waals surface area contributed by atoms with Crippen LogP contribution in [0.15, 0.2) is 0 Å². The van der Waals surface area contributed by atoms with E-state index < -0.39 is 0 Å². The molecule has 0 saturated carbocycles. The molecule has 0 spiro atoms. The van der Waals surface area contributed by atoms with Crippen molar-refractivity contribution in [2.45, 2.75) is 57.2 Å². The van der Waals surface area contributed by atoms with Crippen LogP contribution in [0, 0.1) is 0 Å². The Morgan fingerprint density at radius 1 is 1.40 bits per heavy atom. The van der Waals surface area contributed by atoms with Crippen molar-refractivity contribution in [1.82, 2.24) is 4.90 Å². The van der Waals surface area contributed by atoms with Crippen molar-refractivity contribution in [3.8, 4) is 0 Å². The van der Waals surface area contributed by atoms with E-state index in [4.69, 9.17) is 10.5 Å². The molecule has 0 aliphatic carbocycles. The Labute approximate surface area is 93.0 Å². The van der Waals surface area contributed by atoms with Gasteiger partial charge in [-0.1, -0.05) is 6.92 Å². The van der Waals surface area contributed by atoms with Crippen molar-refractivity contribution in [1.29, 1.82) is 0 Å². The van der Waals surface area contributed by atoms with Crippen molar-refractivity contribution in [3.05, 3.63) is 0 Å². The highest BCUT2D eigenvalue weighted by Gasteiger charge is 2.35. The predicted molar refractivity (Wildman–Crippen MR) is 61.8 cm³/mol. The van der Waals surface area contributed by atoms with E-state index in [1.54, 1.807) is 0 Å². The monoisotopic (exact) mass is 212 g/mol. The van der Waals surface area contributed by atoms with Gasteiger partial charge in [0, 0.05) is 25.2 Å². The highest BCUT2D eigenvalue weighted by Crippen LogP contribution is 2.27. The largest absolute Gasteiger partial charge is 0.377 e. The molecule has 0 aromatic heterocycles. The van der Waals surface area contributed by atoms with E-state index in [9.17, 15) is 0 Å². The van der Waals surface area contributed by atoms with Crippen LogP contribution in [0.5, 0.6) is 0 Å². The van der Waals surface area contributed by atoms with Crippen LogP contribution in [0.1, 0.15) is 39.0 Å². The fraction of sp³-hybridized carbons (Fsp3) is 1.00. The first-order valence-corrected chi connectivity index (χ1v) is 6.44. The number of hydrogen-bond acceptors (Lipinski definition) is 3. The zero-order valence-electron chi connectivity index (χ0n) is 9.82. The summed E-state index contributed by atoms with van der Waals surface area (Å²) in [5.74, 6) is 0. The van der Waals surface area contributed by atoms with Gasteiger partial charge >= 0.3 is 0 Å². The molecule has 0 aromatic rings. The third kappa shape index (κ3) is 2.35. The Balaban J connectivity index is 1.98. The highest BCUT2D eigenvalue weighted by atomic mass is 16.5. The molecule has 2 aliphatic heterocycles. The van der Waals surface area contributed by atoms with Crippen LogP contribution in [0.25, 0.3) is 0 Å². The van der Waals surface area contributed by atoms with Gasteiger partial charge in [-0.2, -0.15) is 0 Å². The number of ether oxygens (including phenoxy) is 1. The number of likely N-dealkylation sites (tertiary alicyclic amines) is 1. The van der Waals surface area contributed by atoms with Crippen LogP contribution in [0.2, 0.25) is 0 Å². The molecule has 0 amide bonds. The van der Waals surface area contributed by atoms with E-state index in [-0.39, 0.29) is 0 Å². The van der Waals surface area contributed by atoms with Crippen molar-refractivity contribution < 1.29 is 4.74 Å². The molecule has 2 fully saturated rings. The minimum Gasteiger partial charge on any atom is -0.377 e. The third-order valence-corrected chi connectivity index (χ3v) is 3.96. The molecular weight excluding hydrogens is 188 g/mol. The zero-order valence-corrected chi connectivity index (χ0v) is 9.82. The first-order valence-electron chi connectivity index (χ1n) is 6.44. The molecule has 3 unspecified atom stereocenters. The van der Waals surface area contributed by atoms with Gasteiger partial charge in [0.1, 0.15) is 0 Å². The molecule has 0 aromatic carbocycles. The summed E-state index contributed by atoms with van der Waals surface area (Å²) in [6, 6.07) is 1.22. The summed E-state index contributed by atoms with van der Waals surface area (Å²) in [7, 11) is 0. The molecule has 2 heterocycles. The fourth-order valence-electron chi connectivity index (χ4n) is 3.14. The number of nitrogens with zero attached hydrogens (tertiary/aromatic N) is 1. The predicted octanol–water partition coefficient (Wildman–Crippen LogP) is 1.37. The van der Waals surface area contributed by atoms with Crippen LogP contribution in [0.3, 0.4) is 0 Å². The summed E-state index contributed by atoms with van der Waals surface area (Å²) in [6.45, 7) is 5.19. The van der Waals surface area contributed by atoms with Crippen LogP contribution < -0.4 is 5.73 Å². The summed E-state index contributed by atoms with van der Waals surface area (Å²) in [4.78, 5) is 2.61. The molecule has 3 atom stereocenters. The average Bonchev–Trinajstić information content (AvgIpc) is 2.89. The van der Waals surface area contributed by atoms with E-state index in [0.717, 1.165) is 19.2 Å². The molecule has 15 heavy (non-hydrogen) atoms. The topological polar surface area (TPSA) is 38.5 Å². The lowest BCUT2D eigenvalue weighted by molar-refractivity contribution is 0.0213. The summed E-state index contributed by atoms with van der Waals surface area (Å²) < 4.78 is 5.79. The van der Waals surface area contributed by atoms with Crippen LogP contribution >= 0.6 is 0 Å². The molecule has 2 N–H and O–H groups in total. The van der Waals surface area contributed by atoms with Gasteiger partial charge < -0.3 is 10.5 Å². The zero-order chi connectivity index (χ0) is 10.7. The van der Waals surface area contributed by atoms with Crippen LogP contribution in [-0.4, -0.2) is 42.8 Å². The van der Waals surface area contributed by atoms with E-state index in [2.05, 4.69) is 11.8 Å². The average molecular weight is 212 g/mol. The minimum atomic E-state index is 0.405. The molecule has 2 aliphatic rings. The first-order chi connectivity index (χ1) is 7.36. The Bertz CT molecular complexity index is 192. The lowest BCUT2D eigenvalue weighted by atomic mass is 10.0. The van der Waals surface area contributed by atoms with Crippen LogP contribution in [-0.2, 0) is 4.74 Å². The normalized spacial score (nSPS) is 34.8. The number of nitrogens with two attached hydrogens (primary N) is 1. The third-order valence-electron chi connectivity index (χ3n) is 3.96. The van der Waals surface area contributed by atoms with Gasteiger partial charge in [-0.3, -0.25) is 4.90 Å². The quantitative estimate of drug-likeness (QED) is 0.765. The minimum absolute atomic E-state index is 0.405. The Hall–Kier alpha value is -0.120. The van der Waals surface area contributed by atoms with Crippen molar-refractivity contribution in [2.24, 2.45) is 5.73 Å². The molecule has 0 radical (unpaired) electrons. The van der Waals surface area contributed by atoms with Crippen molar-refractivity contribution in [3.63, 3.8) is 0 Å². The number of rotatable bonds is 4. The summed E-state index contributed by atoms with van der Waals surface area (Å²) in [6.07, 6.45) is 6.76. The van der Waals surface area contributed by atoms with Gasteiger partial charge in [0.25, 0.3) is 0 Å². The maximum Gasteiger partial charge on any atom is 0.0743 e. The lowest BCUT2D eigenvalue weighted by Crippen LogP contribution is -2.50. The standard InChI is InChI=1S/C12H24N2O/c1-2-10-5-3-7-14(10)11(9-13)12-6-4-8-15-12/h10-12H,2-9,13H2,1H3. The van der Waals surface area contributed by atoms with Crippen LogP contribution in [0.4, 0.5) is 0 Å². The second kappa shape index (κ2) is 5.28. The lowest BCUT2D eigenvalue weighted by Gasteiger charge is -2.35. The van der Waals surface area contributed by atoms with E-state index >= 15 is 0 Å². The second-order valence-corrected chi connectivity index (χ2v) is 4.80. The molecule has 0 bridgehead atoms. The molecule has 3 heteroatoms. The van der Waals surface area contributed by atoms with Crippen molar-refractivity contribution >= 4 is 0 Å². The Kier molecular flexibility index (Phi) is 4.00. The second-order valence-electron chi connectivity index (χ2n) is 4.80. The molecule has 3 nitrogen and oxygen atoms in total. The Morgan fingerprint density at radius 3 is 2.87 bits per heavy atom.